The fourth-order valence-corrected chi connectivity index (χ4v) is 5.09. The maximum absolute atomic E-state index is 14.4. The van der Waals surface area contributed by atoms with E-state index in [1.54, 1.807) is 127 Å². The van der Waals surface area contributed by atoms with Crippen molar-refractivity contribution in [3.8, 4) is 11.5 Å². The van der Waals surface area contributed by atoms with Crippen LogP contribution in [0.3, 0.4) is 0 Å². The van der Waals surface area contributed by atoms with Crippen molar-refractivity contribution in [1.29, 1.82) is 0 Å². The highest BCUT2D eigenvalue weighted by molar-refractivity contribution is 6.24. The van der Waals surface area contributed by atoms with Crippen LogP contribution in [0.4, 0.5) is 0 Å². The third-order valence-corrected chi connectivity index (χ3v) is 7.47. The van der Waals surface area contributed by atoms with E-state index in [0.717, 1.165) is 0 Å². The Morgan fingerprint density at radius 2 is 0.646 bits per heavy atom. The van der Waals surface area contributed by atoms with E-state index < -0.39 is 40.8 Å². The Kier molecular flexibility index (Phi) is 9.21. The van der Waals surface area contributed by atoms with Gasteiger partial charge in [-0.05, 0) is 30.3 Å². The van der Waals surface area contributed by atoms with E-state index in [9.17, 15) is 24.0 Å². The maximum Gasteiger partial charge on any atom is 0.343 e. The smallest absolute Gasteiger partial charge is 0.343 e. The van der Waals surface area contributed by atoms with Crippen molar-refractivity contribution >= 4 is 29.3 Å². The number of esters is 2. The summed E-state index contributed by atoms with van der Waals surface area (Å²) in [6.07, 6.45) is 0. The average Bonchev–Trinajstić information content (AvgIpc) is 3.16. The summed E-state index contributed by atoms with van der Waals surface area (Å²) in [5.74, 6) is -4.75. The number of benzene rings is 6. The summed E-state index contributed by atoms with van der Waals surface area (Å²) in [6.45, 7) is 0. The summed E-state index contributed by atoms with van der Waals surface area (Å²) in [6, 6.07) is 41.7. The first kappa shape index (κ1) is 31.3. The van der Waals surface area contributed by atoms with Crippen molar-refractivity contribution in [3.05, 3.63) is 202 Å². The second-order valence-corrected chi connectivity index (χ2v) is 10.6. The number of ketones is 3. The molecular weight excluding hydrogens is 604 g/mol. The maximum atomic E-state index is 14.4. The largest absolute Gasteiger partial charge is 0.418 e. The fourth-order valence-electron chi connectivity index (χ4n) is 5.09. The van der Waals surface area contributed by atoms with Gasteiger partial charge in [0.25, 0.3) is 0 Å². The zero-order valence-corrected chi connectivity index (χ0v) is 25.4. The van der Waals surface area contributed by atoms with E-state index in [0.29, 0.717) is 0 Å². The minimum atomic E-state index is -0.905. The molecule has 0 saturated heterocycles. The molecule has 0 spiro atoms. The number of rotatable bonds is 10. The molecule has 0 aliphatic rings. The molecule has 7 heteroatoms. The summed E-state index contributed by atoms with van der Waals surface area (Å²) in [5, 5.41) is 0. The zero-order chi connectivity index (χ0) is 33.5. The predicted molar refractivity (Wildman–Crippen MR) is 179 cm³/mol. The SMILES string of the molecule is O=C(Oc1c(C(=O)c2ccccc2)cc(C(=O)c2ccccc2)c(C(=O)c2ccccc2)c1OC(=O)c1ccccc1)c1ccccc1. The van der Waals surface area contributed by atoms with E-state index in [4.69, 9.17) is 9.47 Å². The van der Waals surface area contributed by atoms with Gasteiger partial charge in [0.05, 0.1) is 22.3 Å². The Morgan fingerprint density at radius 1 is 0.333 bits per heavy atom. The second-order valence-electron chi connectivity index (χ2n) is 10.6. The van der Waals surface area contributed by atoms with Gasteiger partial charge in [0.1, 0.15) is 0 Å². The van der Waals surface area contributed by atoms with Crippen LogP contribution < -0.4 is 9.47 Å². The van der Waals surface area contributed by atoms with Gasteiger partial charge in [0.2, 0.25) is 0 Å². The molecule has 0 amide bonds. The summed E-state index contributed by atoms with van der Waals surface area (Å²) in [5.41, 5.74) is 0.0130. The molecule has 0 atom stereocenters. The van der Waals surface area contributed by atoms with Crippen LogP contribution in [0.15, 0.2) is 158 Å². The average molecular weight is 631 g/mol. The lowest BCUT2D eigenvalue weighted by atomic mass is 9.88. The van der Waals surface area contributed by atoms with Gasteiger partial charge in [-0.25, -0.2) is 9.59 Å². The first-order valence-electron chi connectivity index (χ1n) is 15.0. The fraction of sp³-hybridized carbons (Fsp3) is 0. The van der Waals surface area contributed by atoms with E-state index in [1.807, 2.05) is 0 Å². The van der Waals surface area contributed by atoms with Crippen LogP contribution >= 0.6 is 0 Å². The van der Waals surface area contributed by atoms with Crippen molar-refractivity contribution in [3.63, 3.8) is 0 Å². The van der Waals surface area contributed by atoms with Crippen LogP contribution in [0, 0.1) is 0 Å². The monoisotopic (exact) mass is 630 g/mol. The van der Waals surface area contributed by atoms with Gasteiger partial charge in [0, 0.05) is 22.3 Å². The highest BCUT2D eigenvalue weighted by atomic mass is 16.6. The Bertz CT molecular complexity index is 2130. The van der Waals surface area contributed by atoms with Crippen LogP contribution in [0.25, 0.3) is 0 Å². The van der Waals surface area contributed by atoms with Crippen LogP contribution in [0.2, 0.25) is 0 Å². The van der Waals surface area contributed by atoms with Crippen molar-refractivity contribution in [2.45, 2.75) is 0 Å². The molecule has 0 heterocycles. The number of ether oxygens (including phenoxy) is 2. The third-order valence-electron chi connectivity index (χ3n) is 7.47. The van der Waals surface area contributed by atoms with Crippen molar-refractivity contribution < 1.29 is 33.4 Å². The molecule has 6 aromatic carbocycles. The number of carbonyl (C=O) groups excluding carboxylic acids is 5. The van der Waals surface area contributed by atoms with Crippen molar-refractivity contribution in [1.82, 2.24) is 0 Å². The Hall–Kier alpha value is -6.73. The van der Waals surface area contributed by atoms with Gasteiger partial charge in [-0.3, -0.25) is 14.4 Å². The quantitative estimate of drug-likeness (QED) is 0.0864. The highest BCUT2D eigenvalue weighted by Crippen LogP contribution is 2.42. The standard InChI is InChI=1S/C41H26O7/c42-35(27-16-6-1-7-17-27)32-26-33(36(43)28-18-8-2-9-19-28)38(47-40(45)30-22-12-4-13-23-30)39(48-41(46)31-24-14-5-15-25-31)34(32)37(44)29-20-10-3-11-21-29/h1-26H. The van der Waals surface area contributed by atoms with Gasteiger partial charge in [-0.15, -0.1) is 0 Å². The van der Waals surface area contributed by atoms with Crippen LogP contribution in [-0.2, 0) is 0 Å². The van der Waals surface area contributed by atoms with Gasteiger partial charge in [-0.1, -0.05) is 127 Å². The molecule has 232 valence electrons. The van der Waals surface area contributed by atoms with Crippen LogP contribution in [-0.4, -0.2) is 29.3 Å². The van der Waals surface area contributed by atoms with Crippen molar-refractivity contribution in [2.24, 2.45) is 0 Å². The molecule has 0 fully saturated rings. The zero-order valence-electron chi connectivity index (χ0n) is 25.4. The van der Waals surface area contributed by atoms with Gasteiger partial charge in [-0.2, -0.15) is 0 Å². The minimum absolute atomic E-state index is 0.117. The molecule has 48 heavy (non-hydrogen) atoms. The Balaban J connectivity index is 1.68. The second kappa shape index (κ2) is 14.1. The molecule has 0 saturated carbocycles. The topological polar surface area (TPSA) is 104 Å². The summed E-state index contributed by atoms with van der Waals surface area (Å²) in [7, 11) is 0. The van der Waals surface area contributed by atoms with Crippen LogP contribution in [0.1, 0.15) is 68.5 Å². The first-order chi connectivity index (χ1) is 23.4. The molecule has 0 aromatic heterocycles. The minimum Gasteiger partial charge on any atom is -0.418 e. The van der Waals surface area contributed by atoms with E-state index in [2.05, 4.69) is 0 Å². The summed E-state index contributed by atoms with van der Waals surface area (Å²) >= 11 is 0. The molecule has 0 aliphatic carbocycles. The number of carbonyl (C=O) groups is 5. The van der Waals surface area contributed by atoms with Gasteiger partial charge < -0.3 is 9.47 Å². The van der Waals surface area contributed by atoms with E-state index in [-0.39, 0.29) is 44.5 Å². The summed E-state index contributed by atoms with van der Waals surface area (Å²) < 4.78 is 11.9. The lowest BCUT2D eigenvalue weighted by Crippen LogP contribution is -2.21. The van der Waals surface area contributed by atoms with E-state index >= 15 is 0 Å². The molecule has 0 unspecified atom stereocenters. The van der Waals surface area contributed by atoms with Crippen LogP contribution in [0.5, 0.6) is 11.5 Å². The lowest BCUT2D eigenvalue weighted by Gasteiger charge is -2.20. The lowest BCUT2D eigenvalue weighted by molar-refractivity contribution is 0.0676. The first-order valence-corrected chi connectivity index (χ1v) is 15.0. The molecular formula is C41H26O7. The number of hydrogen-bond donors (Lipinski definition) is 0. The highest BCUT2D eigenvalue weighted by Gasteiger charge is 2.34. The van der Waals surface area contributed by atoms with Crippen molar-refractivity contribution in [2.75, 3.05) is 0 Å². The Morgan fingerprint density at radius 3 is 1.04 bits per heavy atom. The Labute approximate surface area is 276 Å². The predicted octanol–water partition coefficient (Wildman–Crippen LogP) is 7.82. The molecule has 6 aromatic rings. The van der Waals surface area contributed by atoms with Gasteiger partial charge in [0.15, 0.2) is 28.8 Å². The normalized spacial score (nSPS) is 10.5. The summed E-state index contributed by atoms with van der Waals surface area (Å²) in [4.78, 5) is 70.2. The molecule has 0 radical (unpaired) electrons. The van der Waals surface area contributed by atoms with Gasteiger partial charge >= 0.3 is 11.9 Å². The number of hydrogen-bond acceptors (Lipinski definition) is 7. The van der Waals surface area contributed by atoms with E-state index in [1.165, 1.54) is 30.3 Å². The molecule has 7 nitrogen and oxygen atoms in total. The third kappa shape index (κ3) is 6.61. The molecule has 0 N–H and O–H groups in total. The molecule has 0 aliphatic heterocycles. The molecule has 6 rings (SSSR count). The molecule has 0 bridgehead atoms.